The molecule has 0 saturated heterocycles. The standard InChI is InChI=1S/C15H22N2OS/c1-10-3-5-11(6-4-10)17-14-9-12(18-2)7-8-13(14)15(16)19/h7-11,17H,3-6H2,1-2H3,(H2,16,19). The van der Waals surface area contributed by atoms with E-state index >= 15 is 0 Å². The Bertz CT molecular complexity index is 453. The summed E-state index contributed by atoms with van der Waals surface area (Å²) >= 11 is 5.11. The van der Waals surface area contributed by atoms with Crippen molar-refractivity contribution in [3.05, 3.63) is 23.8 Å². The minimum absolute atomic E-state index is 0.425. The molecule has 0 bridgehead atoms. The minimum Gasteiger partial charge on any atom is -0.497 e. The highest BCUT2D eigenvalue weighted by Crippen LogP contribution is 2.29. The van der Waals surface area contributed by atoms with Gasteiger partial charge in [0.15, 0.2) is 0 Å². The fourth-order valence-electron chi connectivity index (χ4n) is 2.61. The third-order valence-electron chi connectivity index (χ3n) is 3.87. The number of hydrogen-bond donors (Lipinski definition) is 2. The zero-order chi connectivity index (χ0) is 13.8. The Balaban J connectivity index is 2.15. The molecule has 19 heavy (non-hydrogen) atoms. The second-order valence-electron chi connectivity index (χ2n) is 5.38. The first-order chi connectivity index (χ1) is 9.10. The fraction of sp³-hybridized carbons (Fsp3) is 0.533. The van der Waals surface area contributed by atoms with Gasteiger partial charge >= 0.3 is 0 Å². The molecule has 104 valence electrons. The van der Waals surface area contributed by atoms with Gasteiger partial charge in [-0.25, -0.2) is 0 Å². The van der Waals surface area contributed by atoms with Crippen molar-refractivity contribution < 1.29 is 4.74 Å². The van der Waals surface area contributed by atoms with Crippen LogP contribution in [-0.2, 0) is 0 Å². The number of benzene rings is 1. The van der Waals surface area contributed by atoms with Crippen LogP contribution in [0.5, 0.6) is 5.75 Å². The number of nitrogens with two attached hydrogens (primary N) is 1. The fourth-order valence-corrected chi connectivity index (χ4v) is 2.79. The van der Waals surface area contributed by atoms with Gasteiger partial charge in [0.05, 0.1) is 7.11 Å². The van der Waals surface area contributed by atoms with E-state index in [1.807, 2.05) is 18.2 Å². The van der Waals surface area contributed by atoms with Crippen LogP contribution in [0.4, 0.5) is 5.69 Å². The summed E-state index contributed by atoms with van der Waals surface area (Å²) in [7, 11) is 1.67. The molecular formula is C15H22N2OS. The molecule has 0 heterocycles. The maximum Gasteiger partial charge on any atom is 0.120 e. The second kappa shape index (κ2) is 6.24. The monoisotopic (exact) mass is 278 g/mol. The van der Waals surface area contributed by atoms with Crippen LogP contribution in [0.2, 0.25) is 0 Å². The molecule has 1 aliphatic rings. The van der Waals surface area contributed by atoms with Crippen molar-refractivity contribution in [3.63, 3.8) is 0 Å². The summed E-state index contributed by atoms with van der Waals surface area (Å²) in [5.74, 6) is 1.67. The van der Waals surface area contributed by atoms with Gasteiger partial charge in [0.25, 0.3) is 0 Å². The number of anilines is 1. The van der Waals surface area contributed by atoms with Gasteiger partial charge in [-0.1, -0.05) is 19.1 Å². The van der Waals surface area contributed by atoms with Gasteiger partial charge < -0.3 is 15.8 Å². The van der Waals surface area contributed by atoms with Crippen molar-refractivity contribution in [2.45, 2.75) is 38.6 Å². The summed E-state index contributed by atoms with van der Waals surface area (Å²) in [4.78, 5) is 0.425. The molecule has 1 saturated carbocycles. The van der Waals surface area contributed by atoms with Crippen molar-refractivity contribution in [1.29, 1.82) is 0 Å². The zero-order valence-corrected chi connectivity index (χ0v) is 12.4. The predicted molar refractivity (Wildman–Crippen MR) is 83.9 cm³/mol. The number of rotatable bonds is 4. The lowest BCUT2D eigenvalue weighted by molar-refractivity contribution is 0.361. The summed E-state index contributed by atoms with van der Waals surface area (Å²) < 4.78 is 5.27. The summed E-state index contributed by atoms with van der Waals surface area (Å²) in [5.41, 5.74) is 7.67. The Morgan fingerprint density at radius 1 is 1.32 bits per heavy atom. The van der Waals surface area contributed by atoms with E-state index in [9.17, 15) is 0 Å². The third kappa shape index (κ3) is 3.60. The maximum absolute atomic E-state index is 5.78. The molecule has 0 atom stereocenters. The molecular weight excluding hydrogens is 256 g/mol. The van der Waals surface area contributed by atoms with Crippen molar-refractivity contribution in [3.8, 4) is 5.75 Å². The Labute approximate surface area is 120 Å². The van der Waals surface area contributed by atoms with Gasteiger partial charge in [-0.05, 0) is 43.7 Å². The first-order valence-electron chi connectivity index (χ1n) is 6.84. The third-order valence-corrected chi connectivity index (χ3v) is 4.09. The average Bonchev–Trinajstić information content (AvgIpc) is 2.41. The van der Waals surface area contributed by atoms with Crippen LogP contribution in [0, 0.1) is 5.92 Å². The molecule has 4 heteroatoms. The molecule has 0 amide bonds. The van der Waals surface area contributed by atoms with E-state index in [4.69, 9.17) is 22.7 Å². The molecule has 0 spiro atoms. The number of ether oxygens (including phenoxy) is 1. The smallest absolute Gasteiger partial charge is 0.120 e. The zero-order valence-electron chi connectivity index (χ0n) is 11.6. The van der Waals surface area contributed by atoms with Crippen LogP contribution in [0.25, 0.3) is 0 Å². The molecule has 3 nitrogen and oxygen atoms in total. The Hall–Kier alpha value is -1.29. The summed E-state index contributed by atoms with van der Waals surface area (Å²) in [6, 6.07) is 6.31. The topological polar surface area (TPSA) is 47.3 Å². The van der Waals surface area contributed by atoms with Crippen molar-refractivity contribution in [1.82, 2.24) is 0 Å². The van der Waals surface area contributed by atoms with E-state index in [1.54, 1.807) is 7.11 Å². The number of nitrogens with one attached hydrogen (secondary N) is 1. The highest BCUT2D eigenvalue weighted by Gasteiger charge is 2.19. The summed E-state index contributed by atoms with van der Waals surface area (Å²) in [6.45, 7) is 2.32. The number of methoxy groups -OCH3 is 1. The summed E-state index contributed by atoms with van der Waals surface area (Å²) in [5, 5.41) is 3.58. The Morgan fingerprint density at radius 3 is 2.58 bits per heavy atom. The molecule has 0 aliphatic heterocycles. The molecule has 1 fully saturated rings. The normalized spacial score (nSPS) is 22.8. The SMILES string of the molecule is COc1ccc(C(N)=S)c(NC2CCC(C)CC2)c1. The van der Waals surface area contributed by atoms with E-state index in [0.717, 1.165) is 22.9 Å². The summed E-state index contributed by atoms with van der Waals surface area (Å²) in [6.07, 6.45) is 4.97. The van der Waals surface area contributed by atoms with Gasteiger partial charge in [0.2, 0.25) is 0 Å². The molecule has 0 aromatic heterocycles. The van der Waals surface area contributed by atoms with Crippen LogP contribution in [0.3, 0.4) is 0 Å². The molecule has 1 aliphatic carbocycles. The quantitative estimate of drug-likeness (QED) is 0.829. The van der Waals surface area contributed by atoms with Gasteiger partial charge in [-0.2, -0.15) is 0 Å². The Kier molecular flexibility index (Phi) is 4.64. The van der Waals surface area contributed by atoms with Crippen LogP contribution in [0.1, 0.15) is 38.2 Å². The minimum atomic E-state index is 0.425. The first kappa shape index (κ1) is 14.1. The molecule has 0 unspecified atom stereocenters. The van der Waals surface area contributed by atoms with Gasteiger partial charge in [-0.3, -0.25) is 0 Å². The Morgan fingerprint density at radius 2 is 2.00 bits per heavy atom. The number of thiocarbonyl (C=S) groups is 1. The largest absolute Gasteiger partial charge is 0.497 e. The lowest BCUT2D eigenvalue weighted by Gasteiger charge is -2.28. The molecule has 2 rings (SSSR count). The van der Waals surface area contributed by atoms with E-state index in [2.05, 4.69) is 12.2 Å². The number of hydrogen-bond acceptors (Lipinski definition) is 3. The van der Waals surface area contributed by atoms with Crippen LogP contribution in [-0.4, -0.2) is 18.1 Å². The van der Waals surface area contributed by atoms with Gasteiger partial charge in [0.1, 0.15) is 10.7 Å². The highest BCUT2D eigenvalue weighted by molar-refractivity contribution is 7.80. The maximum atomic E-state index is 5.78. The molecule has 1 aromatic carbocycles. The first-order valence-corrected chi connectivity index (χ1v) is 7.25. The van der Waals surface area contributed by atoms with E-state index in [0.29, 0.717) is 11.0 Å². The van der Waals surface area contributed by atoms with Crippen LogP contribution in [0.15, 0.2) is 18.2 Å². The molecule has 3 N–H and O–H groups in total. The average molecular weight is 278 g/mol. The second-order valence-corrected chi connectivity index (χ2v) is 5.82. The predicted octanol–water partition coefficient (Wildman–Crippen LogP) is 3.32. The van der Waals surface area contributed by atoms with E-state index in [1.165, 1.54) is 25.7 Å². The van der Waals surface area contributed by atoms with Gasteiger partial charge in [-0.15, -0.1) is 0 Å². The molecule has 1 aromatic rings. The highest BCUT2D eigenvalue weighted by atomic mass is 32.1. The van der Waals surface area contributed by atoms with E-state index in [-0.39, 0.29) is 0 Å². The van der Waals surface area contributed by atoms with Crippen molar-refractivity contribution in [2.75, 3.05) is 12.4 Å². The van der Waals surface area contributed by atoms with Crippen molar-refractivity contribution in [2.24, 2.45) is 11.7 Å². The van der Waals surface area contributed by atoms with Gasteiger partial charge in [0, 0.05) is 23.4 Å². The lowest BCUT2D eigenvalue weighted by atomic mass is 9.87. The lowest BCUT2D eigenvalue weighted by Crippen LogP contribution is -2.26. The van der Waals surface area contributed by atoms with Crippen molar-refractivity contribution >= 4 is 22.9 Å². The van der Waals surface area contributed by atoms with Crippen LogP contribution < -0.4 is 15.8 Å². The molecule has 0 radical (unpaired) electrons. The van der Waals surface area contributed by atoms with Crippen LogP contribution >= 0.6 is 12.2 Å². The van der Waals surface area contributed by atoms with E-state index < -0.39 is 0 Å².